The highest BCUT2D eigenvalue weighted by Gasteiger charge is 2.12. The van der Waals surface area contributed by atoms with Crippen LogP contribution in [0.15, 0.2) is 58.0 Å². The number of rotatable bonds is 6. The van der Waals surface area contributed by atoms with Crippen molar-refractivity contribution in [2.45, 2.75) is 0 Å². The molecule has 0 unspecified atom stereocenters. The first-order valence-electron chi connectivity index (χ1n) is 8.09. The summed E-state index contributed by atoms with van der Waals surface area (Å²) in [5, 5.41) is 5.01. The van der Waals surface area contributed by atoms with Crippen molar-refractivity contribution < 1.29 is 23.5 Å². The van der Waals surface area contributed by atoms with Gasteiger partial charge < -0.3 is 19.6 Å². The van der Waals surface area contributed by atoms with Gasteiger partial charge in [-0.1, -0.05) is 23.7 Å². The summed E-state index contributed by atoms with van der Waals surface area (Å²) in [5.41, 5.74) is 7.89. The van der Waals surface area contributed by atoms with Crippen LogP contribution in [0.2, 0.25) is 5.02 Å². The fourth-order valence-electron chi connectivity index (χ4n) is 2.37. The molecule has 1 aromatic heterocycles. The highest BCUT2D eigenvalue weighted by molar-refractivity contribution is 6.30. The standard InChI is InChI=1S/C19H16ClN3O5/c1-26-15-4-2-3-11-9-14(18(21)25)19(28-17(11)15)23-22-16(24)10-27-13-7-5-12(20)6-8-13/h2-9H,10H2,1H3,(H2,21,25)(H,22,24). The number of hydrogen-bond acceptors (Lipinski definition) is 6. The van der Waals surface area contributed by atoms with Gasteiger partial charge in [0, 0.05) is 10.4 Å². The van der Waals surface area contributed by atoms with Gasteiger partial charge in [-0.3, -0.25) is 9.59 Å². The van der Waals surface area contributed by atoms with Crippen molar-refractivity contribution in [2.24, 2.45) is 10.8 Å². The van der Waals surface area contributed by atoms with Gasteiger partial charge in [0.15, 0.2) is 17.9 Å². The van der Waals surface area contributed by atoms with Crippen molar-refractivity contribution in [1.29, 1.82) is 0 Å². The van der Waals surface area contributed by atoms with Crippen molar-refractivity contribution in [3.05, 3.63) is 64.7 Å². The zero-order chi connectivity index (χ0) is 20.1. The van der Waals surface area contributed by atoms with Gasteiger partial charge in [0.1, 0.15) is 11.3 Å². The van der Waals surface area contributed by atoms with Crippen LogP contribution in [0.25, 0.3) is 11.0 Å². The first-order chi connectivity index (χ1) is 13.5. The molecule has 0 saturated carbocycles. The Bertz CT molecular complexity index is 1090. The number of carbonyl (C=O) groups is 2. The number of nitrogens with zero attached hydrogens (tertiary/aromatic N) is 1. The average Bonchev–Trinajstić information content (AvgIpc) is 2.70. The largest absolute Gasteiger partial charge is 0.493 e. The van der Waals surface area contributed by atoms with Crippen molar-refractivity contribution in [2.75, 3.05) is 13.7 Å². The SMILES string of the molecule is COc1cccc2cc(C(N)=O)c(=NNC(=O)COc3ccc(Cl)cc3)oc12. The minimum atomic E-state index is -0.751. The molecule has 0 atom stereocenters. The number of para-hydroxylation sites is 1. The maximum absolute atomic E-state index is 12.0. The number of nitrogens with one attached hydrogen (secondary N) is 1. The van der Waals surface area contributed by atoms with Gasteiger partial charge in [-0.2, -0.15) is 0 Å². The maximum Gasteiger partial charge on any atom is 0.278 e. The summed E-state index contributed by atoms with van der Waals surface area (Å²) in [4.78, 5) is 23.7. The van der Waals surface area contributed by atoms with Gasteiger partial charge in [-0.25, -0.2) is 5.43 Å². The Hall–Kier alpha value is -3.52. The molecule has 0 aliphatic heterocycles. The molecule has 0 saturated heterocycles. The fraction of sp³-hybridized carbons (Fsp3) is 0.105. The molecule has 1 heterocycles. The van der Waals surface area contributed by atoms with Gasteiger partial charge in [0.05, 0.1) is 7.11 Å². The fourth-order valence-corrected chi connectivity index (χ4v) is 2.50. The highest BCUT2D eigenvalue weighted by Crippen LogP contribution is 2.24. The van der Waals surface area contributed by atoms with E-state index in [-0.39, 0.29) is 17.7 Å². The molecule has 0 fully saturated rings. The Morgan fingerprint density at radius 3 is 2.64 bits per heavy atom. The summed E-state index contributed by atoms with van der Waals surface area (Å²) in [6.45, 7) is -0.298. The number of carbonyl (C=O) groups excluding carboxylic acids is 2. The highest BCUT2D eigenvalue weighted by atomic mass is 35.5. The van der Waals surface area contributed by atoms with E-state index >= 15 is 0 Å². The molecule has 144 valence electrons. The Morgan fingerprint density at radius 2 is 1.96 bits per heavy atom. The Kier molecular flexibility index (Phi) is 5.81. The van der Waals surface area contributed by atoms with Gasteiger partial charge in [-0.15, -0.1) is 5.10 Å². The lowest BCUT2D eigenvalue weighted by molar-refractivity contribution is -0.123. The first kappa shape index (κ1) is 19.2. The molecule has 0 aliphatic carbocycles. The van der Waals surface area contributed by atoms with Crippen LogP contribution in [0.5, 0.6) is 11.5 Å². The van der Waals surface area contributed by atoms with Crippen molar-refractivity contribution >= 4 is 34.4 Å². The quantitative estimate of drug-likeness (QED) is 0.614. The number of primary amides is 1. The summed E-state index contributed by atoms with van der Waals surface area (Å²) in [5.74, 6) is -0.389. The zero-order valence-corrected chi connectivity index (χ0v) is 15.5. The second kappa shape index (κ2) is 8.45. The summed E-state index contributed by atoms with van der Waals surface area (Å²) < 4.78 is 16.2. The Balaban J connectivity index is 1.83. The second-order valence-corrected chi connectivity index (χ2v) is 6.03. The number of benzene rings is 2. The third-order valence-corrected chi connectivity index (χ3v) is 3.94. The van der Waals surface area contributed by atoms with E-state index in [0.717, 1.165) is 0 Å². The first-order valence-corrected chi connectivity index (χ1v) is 8.47. The predicted molar refractivity (Wildman–Crippen MR) is 102 cm³/mol. The van der Waals surface area contributed by atoms with Crippen LogP contribution in [0.3, 0.4) is 0 Å². The molecule has 0 bridgehead atoms. The number of nitrogens with two attached hydrogens (primary N) is 1. The van der Waals surface area contributed by atoms with E-state index in [1.54, 1.807) is 42.5 Å². The molecular formula is C19H16ClN3O5. The van der Waals surface area contributed by atoms with Crippen LogP contribution in [-0.2, 0) is 4.79 Å². The minimum Gasteiger partial charge on any atom is -0.493 e. The summed E-state index contributed by atoms with van der Waals surface area (Å²) in [6, 6.07) is 13.2. The zero-order valence-electron chi connectivity index (χ0n) is 14.8. The van der Waals surface area contributed by atoms with Crippen LogP contribution in [0, 0.1) is 0 Å². The van der Waals surface area contributed by atoms with E-state index < -0.39 is 11.8 Å². The van der Waals surface area contributed by atoms with E-state index in [1.165, 1.54) is 13.2 Å². The van der Waals surface area contributed by atoms with Gasteiger partial charge in [-0.05, 0) is 36.4 Å². The van der Waals surface area contributed by atoms with Crippen LogP contribution >= 0.6 is 11.6 Å². The molecule has 2 aromatic carbocycles. The van der Waals surface area contributed by atoms with E-state index in [2.05, 4.69) is 10.5 Å². The number of amides is 2. The molecule has 3 aromatic rings. The van der Waals surface area contributed by atoms with Crippen LogP contribution in [-0.4, -0.2) is 25.5 Å². The number of fused-ring (bicyclic) bond motifs is 1. The average molecular weight is 402 g/mol. The van der Waals surface area contributed by atoms with Gasteiger partial charge >= 0.3 is 0 Å². The van der Waals surface area contributed by atoms with Gasteiger partial charge in [0.25, 0.3) is 11.8 Å². The van der Waals surface area contributed by atoms with Gasteiger partial charge in [0.2, 0.25) is 5.55 Å². The summed E-state index contributed by atoms with van der Waals surface area (Å²) in [7, 11) is 1.49. The molecule has 0 aliphatic rings. The van der Waals surface area contributed by atoms with Crippen LogP contribution < -0.4 is 26.2 Å². The van der Waals surface area contributed by atoms with Crippen molar-refractivity contribution in [3.63, 3.8) is 0 Å². The number of methoxy groups -OCH3 is 1. The van der Waals surface area contributed by atoms with Crippen molar-refractivity contribution in [1.82, 2.24) is 5.43 Å². The van der Waals surface area contributed by atoms with E-state index in [1.807, 2.05) is 0 Å². The number of hydrogen-bond donors (Lipinski definition) is 2. The van der Waals surface area contributed by atoms with Crippen LogP contribution in [0.1, 0.15) is 10.4 Å². The lowest BCUT2D eigenvalue weighted by Crippen LogP contribution is -2.29. The van der Waals surface area contributed by atoms with E-state index in [9.17, 15) is 9.59 Å². The molecule has 0 radical (unpaired) electrons. The maximum atomic E-state index is 12.0. The van der Waals surface area contributed by atoms with Crippen LogP contribution in [0.4, 0.5) is 0 Å². The topological polar surface area (TPSA) is 116 Å². The third kappa shape index (κ3) is 4.41. The Labute approximate surface area is 164 Å². The predicted octanol–water partition coefficient (Wildman–Crippen LogP) is 2.20. The molecule has 9 heteroatoms. The molecule has 8 nitrogen and oxygen atoms in total. The van der Waals surface area contributed by atoms with Crippen molar-refractivity contribution in [3.8, 4) is 11.5 Å². The second-order valence-electron chi connectivity index (χ2n) is 5.60. The van der Waals surface area contributed by atoms with E-state index in [0.29, 0.717) is 27.5 Å². The molecule has 2 amide bonds. The lowest BCUT2D eigenvalue weighted by atomic mass is 10.1. The normalized spacial score (nSPS) is 11.3. The lowest BCUT2D eigenvalue weighted by Gasteiger charge is -2.07. The Morgan fingerprint density at radius 1 is 1.21 bits per heavy atom. The summed E-state index contributed by atoms with van der Waals surface area (Å²) >= 11 is 5.79. The summed E-state index contributed by atoms with van der Waals surface area (Å²) in [6.07, 6.45) is 0. The minimum absolute atomic E-state index is 0.0136. The molecule has 3 rings (SSSR count). The number of ether oxygens (including phenoxy) is 2. The third-order valence-electron chi connectivity index (χ3n) is 3.69. The monoisotopic (exact) mass is 401 g/mol. The number of halogens is 1. The molecular weight excluding hydrogens is 386 g/mol. The molecule has 3 N–H and O–H groups in total. The molecule has 28 heavy (non-hydrogen) atoms. The van der Waals surface area contributed by atoms with E-state index in [4.69, 9.17) is 31.2 Å². The smallest absolute Gasteiger partial charge is 0.278 e. The molecule has 0 spiro atoms.